The maximum Gasteiger partial charge on any atom is 0.333 e. The molecular formula is C26H22ClF4N5O2S. The smallest absolute Gasteiger partial charge is 0.277 e. The first-order valence-electron chi connectivity index (χ1n) is 11.7. The van der Waals surface area contributed by atoms with Crippen molar-refractivity contribution in [1.82, 2.24) is 19.3 Å². The van der Waals surface area contributed by atoms with E-state index in [1.165, 1.54) is 43.7 Å². The summed E-state index contributed by atoms with van der Waals surface area (Å²) < 4.78 is 78.6. The lowest BCUT2D eigenvalue weighted by Gasteiger charge is -2.18. The molecular weight excluding hydrogens is 558 g/mol. The Hall–Kier alpha value is -3.51. The third-order valence-electron chi connectivity index (χ3n) is 6.84. The fraction of sp³-hybridized carbons (Fsp3) is 0.269. The highest BCUT2D eigenvalue weighted by Crippen LogP contribution is 2.56. The van der Waals surface area contributed by atoms with Crippen LogP contribution < -0.4 is 5.56 Å². The highest BCUT2D eigenvalue weighted by atomic mass is 35.5. The number of hydrogen-bond donors (Lipinski definition) is 1. The third kappa shape index (κ3) is 4.65. The molecule has 1 aliphatic carbocycles. The van der Waals surface area contributed by atoms with Crippen LogP contribution in [0.5, 0.6) is 0 Å². The summed E-state index contributed by atoms with van der Waals surface area (Å²) in [6.45, 7) is 0.374. The van der Waals surface area contributed by atoms with Crippen molar-refractivity contribution >= 4 is 21.3 Å². The first-order chi connectivity index (χ1) is 18.3. The van der Waals surface area contributed by atoms with Gasteiger partial charge in [-0.1, -0.05) is 17.7 Å². The third-order valence-corrected chi connectivity index (χ3v) is 8.37. The summed E-state index contributed by atoms with van der Waals surface area (Å²) in [4.78, 5) is 17.1. The maximum atomic E-state index is 16.0. The van der Waals surface area contributed by atoms with Crippen LogP contribution in [0.2, 0.25) is 5.02 Å². The SMILES string of the molecule is Cc1cnc(-c2cccc([S@](C)(=N)=O)c2F)c(F)c1-n1c(C)cc([C@H]2C[C@@H]2c2cnn(C(F)F)c2)c(Cl)c1=O. The van der Waals surface area contributed by atoms with Gasteiger partial charge < -0.3 is 0 Å². The number of pyridine rings is 2. The summed E-state index contributed by atoms with van der Waals surface area (Å²) in [7, 11) is -3.44. The van der Waals surface area contributed by atoms with E-state index in [4.69, 9.17) is 16.4 Å². The Morgan fingerprint density at radius 1 is 1.15 bits per heavy atom. The Morgan fingerprint density at radius 2 is 1.87 bits per heavy atom. The molecule has 1 aromatic carbocycles. The molecule has 13 heteroatoms. The molecule has 0 spiro atoms. The summed E-state index contributed by atoms with van der Waals surface area (Å²) in [5.41, 5.74) is 0.173. The van der Waals surface area contributed by atoms with E-state index in [1.807, 2.05) is 0 Å². The number of rotatable bonds is 6. The van der Waals surface area contributed by atoms with E-state index in [9.17, 15) is 17.8 Å². The summed E-state index contributed by atoms with van der Waals surface area (Å²) in [6, 6.07) is 5.45. The number of halogens is 5. The zero-order valence-corrected chi connectivity index (χ0v) is 22.5. The molecule has 1 fully saturated rings. The van der Waals surface area contributed by atoms with Crippen LogP contribution in [0.25, 0.3) is 16.9 Å². The fourth-order valence-corrected chi connectivity index (χ4v) is 5.93. The molecule has 0 amide bonds. The van der Waals surface area contributed by atoms with Gasteiger partial charge in [0.15, 0.2) is 5.82 Å². The zero-order valence-electron chi connectivity index (χ0n) is 20.9. The van der Waals surface area contributed by atoms with Gasteiger partial charge in [0.1, 0.15) is 16.5 Å². The van der Waals surface area contributed by atoms with Gasteiger partial charge in [-0.25, -0.2) is 22.5 Å². The predicted octanol–water partition coefficient (Wildman–Crippen LogP) is 6.35. The van der Waals surface area contributed by atoms with E-state index >= 15 is 8.78 Å². The molecule has 0 radical (unpaired) electrons. The van der Waals surface area contributed by atoms with Crippen LogP contribution in [0.3, 0.4) is 0 Å². The van der Waals surface area contributed by atoms with E-state index in [2.05, 4.69) is 10.1 Å². The number of nitrogens with one attached hydrogen (secondary N) is 1. The van der Waals surface area contributed by atoms with Crippen molar-refractivity contribution in [1.29, 1.82) is 4.78 Å². The summed E-state index contributed by atoms with van der Waals surface area (Å²) in [5, 5.41) is 3.52. The molecule has 3 aromatic heterocycles. The largest absolute Gasteiger partial charge is 0.333 e. The van der Waals surface area contributed by atoms with Crippen LogP contribution >= 0.6 is 11.6 Å². The van der Waals surface area contributed by atoms with Crippen molar-refractivity contribution in [3.8, 4) is 16.9 Å². The average Bonchev–Trinajstić information content (AvgIpc) is 3.49. The Labute approximate surface area is 226 Å². The van der Waals surface area contributed by atoms with Gasteiger partial charge in [0.2, 0.25) is 0 Å². The molecule has 1 saturated carbocycles. The van der Waals surface area contributed by atoms with Gasteiger partial charge in [-0.05, 0) is 67.0 Å². The van der Waals surface area contributed by atoms with Gasteiger partial charge in [0.25, 0.3) is 5.56 Å². The monoisotopic (exact) mass is 579 g/mol. The molecule has 0 bridgehead atoms. The van der Waals surface area contributed by atoms with Gasteiger partial charge in [0.05, 0.1) is 26.5 Å². The van der Waals surface area contributed by atoms with E-state index in [0.29, 0.717) is 27.9 Å². The van der Waals surface area contributed by atoms with E-state index in [-0.39, 0.29) is 38.6 Å². The number of hydrogen-bond acceptors (Lipinski definition) is 5. The van der Waals surface area contributed by atoms with Gasteiger partial charge in [0, 0.05) is 29.9 Å². The molecule has 7 nitrogen and oxygen atoms in total. The number of benzene rings is 1. The highest BCUT2D eigenvalue weighted by molar-refractivity contribution is 7.91. The molecule has 4 aromatic rings. The molecule has 3 atom stereocenters. The minimum absolute atomic E-state index is 0.139. The Bertz CT molecular complexity index is 1800. The normalized spacial score (nSPS) is 18.4. The number of aryl methyl sites for hydroxylation is 2. The van der Waals surface area contributed by atoms with Crippen molar-refractivity contribution in [3.05, 3.63) is 92.3 Å². The Morgan fingerprint density at radius 3 is 2.51 bits per heavy atom. The molecule has 5 rings (SSSR count). The van der Waals surface area contributed by atoms with Gasteiger partial charge in [-0.3, -0.25) is 14.3 Å². The van der Waals surface area contributed by atoms with Crippen LogP contribution in [0, 0.1) is 30.3 Å². The first-order valence-corrected chi connectivity index (χ1v) is 14.1. The van der Waals surface area contributed by atoms with Crippen LogP contribution in [0.1, 0.15) is 47.2 Å². The number of aromatic nitrogens is 4. The molecule has 3 heterocycles. The molecule has 0 aliphatic heterocycles. The zero-order chi connectivity index (χ0) is 28.4. The quantitative estimate of drug-likeness (QED) is 0.270. The lowest BCUT2D eigenvalue weighted by molar-refractivity contribution is 0.0565. The van der Waals surface area contributed by atoms with Crippen molar-refractivity contribution in [2.45, 2.75) is 43.5 Å². The van der Waals surface area contributed by atoms with Crippen molar-refractivity contribution in [3.63, 3.8) is 0 Å². The predicted molar refractivity (Wildman–Crippen MR) is 138 cm³/mol. The Balaban J connectivity index is 1.59. The standard InChI is InChI=1S/C26H22ClF4N5O2S/c1-12-9-33-23(15-5-4-6-19(21(15)28)39(3,32)38)22(29)24(12)36-13(2)7-18(20(27)25(36)37)17-8-16(17)14-10-34-35(11-14)26(30)31/h4-7,9-11,16-17,26,32H,8H2,1-3H3/t16-,17+,39-/m1/s1. The van der Waals surface area contributed by atoms with Gasteiger partial charge >= 0.3 is 6.55 Å². The first kappa shape index (κ1) is 27.1. The molecule has 39 heavy (non-hydrogen) atoms. The van der Waals surface area contributed by atoms with Crippen LogP contribution in [-0.2, 0) is 9.73 Å². The molecule has 0 unspecified atom stereocenters. The van der Waals surface area contributed by atoms with E-state index in [1.54, 1.807) is 13.0 Å². The second kappa shape index (κ2) is 9.60. The maximum absolute atomic E-state index is 16.0. The summed E-state index contributed by atoms with van der Waals surface area (Å²) in [6.07, 6.45) is 5.55. The highest BCUT2D eigenvalue weighted by Gasteiger charge is 2.42. The van der Waals surface area contributed by atoms with Gasteiger partial charge in [-0.15, -0.1) is 0 Å². The topological polar surface area (TPSA) is 93.6 Å². The van der Waals surface area contributed by atoms with Crippen LogP contribution in [-0.4, -0.2) is 29.8 Å². The summed E-state index contributed by atoms with van der Waals surface area (Å²) >= 11 is 6.50. The van der Waals surface area contributed by atoms with Gasteiger partial charge in [-0.2, -0.15) is 13.9 Å². The van der Waals surface area contributed by atoms with E-state index < -0.39 is 39.2 Å². The molecule has 204 valence electrons. The van der Waals surface area contributed by atoms with Crippen LogP contribution in [0.15, 0.2) is 52.5 Å². The minimum Gasteiger partial charge on any atom is -0.277 e. The van der Waals surface area contributed by atoms with Crippen molar-refractivity contribution in [2.24, 2.45) is 0 Å². The van der Waals surface area contributed by atoms with Crippen LogP contribution in [0.4, 0.5) is 17.6 Å². The average molecular weight is 580 g/mol. The fourth-order valence-electron chi connectivity index (χ4n) is 4.86. The number of alkyl halides is 2. The van der Waals surface area contributed by atoms with Crippen molar-refractivity contribution < 1.29 is 21.8 Å². The second-order valence-electron chi connectivity index (χ2n) is 9.59. The molecule has 0 saturated heterocycles. The second-order valence-corrected chi connectivity index (χ2v) is 12.1. The number of nitrogens with zero attached hydrogens (tertiary/aromatic N) is 4. The molecule has 1 N–H and O–H groups in total. The summed E-state index contributed by atoms with van der Waals surface area (Å²) in [5.74, 6) is -2.36. The molecule has 1 aliphatic rings. The van der Waals surface area contributed by atoms with Crippen molar-refractivity contribution in [2.75, 3.05) is 6.26 Å². The minimum atomic E-state index is -3.44. The van der Waals surface area contributed by atoms with E-state index in [0.717, 1.165) is 10.8 Å². The lowest BCUT2D eigenvalue weighted by atomic mass is 10.0. The Kier molecular flexibility index (Phi) is 6.66. The lowest BCUT2D eigenvalue weighted by Crippen LogP contribution is -2.24.